The molecule has 9 nitrogen and oxygen atoms in total. The van der Waals surface area contributed by atoms with Crippen LogP contribution in [0.25, 0.3) is 33.4 Å². The number of rotatable bonds is 5. The van der Waals surface area contributed by atoms with Crippen LogP contribution in [0.15, 0.2) is 41.5 Å². The number of halogens is 1. The fraction of sp³-hybridized carbons (Fsp3) is 0.304. The average molecular weight is 466 g/mol. The summed E-state index contributed by atoms with van der Waals surface area (Å²) in [6.07, 6.45) is 3.34. The third-order valence-corrected chi connectivity index (χ3v) is 6.13. The van der Waals surface area contributed by atoms with Gasteiger partial charge in [0.25, 0.3) is 5.56 Å². The second-order valence-electron chi connectivity index (χ2n) is 8.02. The standard InChI is InChI=1S/C23H24ClN7O2/c1-13-9-28-30-20(13)14-3-4-17(19(24)8-14)18-7-15-10-27-23(25-2)29-21(15)31(22(18)32)12-16-11-26-5-6-33-16/h3-4,7-10,16,26H,5-6,11-12H2,1-2H3,(H,28,30)(H,25,27,29)/t16-/m1/s1. The van der Waals surface area contributed by atoms with Crippen molar-refractivity contribution in [3.05, 3.63) is 57.6 Å². The molecule has 0 bridgehead atoms. The Balaban J connectivity index is 1.65. The van der Waals surface area contributed by atoms with Crippen molar-refractivity contribution >= 4 is 28.6 Å². The molecule has 1 fully saturated rings. The summed E-state index contributed by atoms with van der Waals surface area (Å²) < 4.78 is 7.52. The smallest absolute Gasteiger partial charge is 0.260 e. The third-order valence-electron chi connectivity index (χ3n) is 5.82. The van der Waals surface area contributed by atoms with E-state index in [1.807, 2.05) is 25.1 Å². The van der Waals surface area contributed by atoms with Crippen molar-refractivity contribution in [3.8, 4) is 22.4 Å². The molecule has 3 aromatic heterocycles. The van der Waals surface area contributed by atoms with Gasteiger partial charge in [0.15, 0.2) is 0 Å². The number of hydrogen-bond acceptors (Lipinski definition) is 7. The number of aryl methyl sites for hydroxylation is 1. The van der Waals surface area contributed by atoms with Crippen molar-refractivity contribution in [3.63, 3.8) is 0 Å². The number of benzene rings is 1. The normalized spacial score (nSPS) is 16.3. The van der Waals surface area contributed by atoms with E-state index in [1.54, 1.807) is 30.1 Å². The van der Waals surface area contributed by atoms with Crippen LogP contribution in [-0.2, 0) is 11.3 Å². The Morgan fingerprint density at radius 1 is 1.27 bits per heavy atom. The van der Waals surface area contributed by atoms with Gasteiger partial charge < -0.3 is 15.4 Å². The van der Waals surface area contributed by atoms with Crippen molar-refractivity contribution in [2.24, 2.45) is 0 Å². The topological polar surface area (TPSA) is 110 Å². The molecule has 0 spiro atoms. The van der Waals surface area contributed by atoms with E-state index in [2.05, 4.69) is 30.8 Å². The predicted molar refractivity (Wildman–Crippen MR) is 129 cm³/mol. The molecule has 0 saturated carbocycles. The fourth-order valence-electron chi connectivity index (χ4n) is 4.11. The van der Waals surface area contributed by atoms with Crippen molar-refractivity contribution in [1.82, 2.24) is 30.0 Å². The Kier molecular flexibility index (Phi) is 5.84. The van der Waals surface area contributed by atoms with Gasteiger partial charge in [-0.15, -0.1) is 0 Å². The van der Waals surface area contributed by atoms with Crippen LogP contribution in [0.4, 0.5) is 5.95 Å². The summed E-state index contributed by atoms with van der Waals surface area (Å²) >= 11 is 6.69. The molecule has 0 amide bonds. The minimum atomic E-state index is -0.176. The average Bonchev–Trinajstić information content (AvgIpc) is 3.27. The zero-order valence-corrected chi connectivity index (χ0v) is 19.1. The summed E-state index contributed by atoms with van der Waals surface area (Å²) in [6, 6.07) is 7.45. The van der Waals surface area contributed by atoms with Gasteiger partial charge in [-0.2, -0.15) is 10.1 Å². The molecule has 4 heterocycles. The number of nitrogens with zero attached hydrogens (tertiary/aromatic N) is 4. The van der Waals surface area contributed by atoms with E-state index in [4.69, 9.17) is 16.3 Å². The monoisotopic (exact) mass is 465 g/mol. The van der Waals surface area contributed by atoms with Gasteiger partial charge in [0.1, 0.15) is 5.65 Å². The number of aromatic amines is 1. The number of fused-ring (bicyclic) bond motifs is 1. The maximum atomic E-state index is 13.7. The summed E-state index contributed by atoms with van der Waals surface area (Å²) in [7, 11) is 1.74. The van der Waals surface area contributed by atoms with Crippen LogP contribution in [0.5, 0.6) is 0 Å². The van der Waals surface area contributed by atoms with Crippen LogP contribution in [0.3, 0.4) is 0 Å². The highest BCUT2D eigenvalue weighted by atomic mass is 35.5. The second kappa shape index (κ2) is 8.93. The Labute approximate surface area is 195 Å². The number of nitrogens with one attached hydrogen (secondary N) is 3. The van der Waals surface area contributed by atoms with E-state index < -0.39 is 0 Å². The van der Waals surface area contributed by atoms with Gasteiger partial charge in [-0.1, -0.05) is 23.7 Å². The molecule has 1 aliphatic rings. The van der Waals surface area contributed by atoms with Gasteiger partial charge >= 0.3 is 0 Å². The molecule has 5 rings (SSSR count). The number of H-pyrrole nitrogens is 1. The lowest BCUT2D eigenvalue weighted by Crippen LogP contribution is -2.42. The summed E-state index contributed by atoms with van der Waals surface area (Å²) in [4.78, 5) is 22.6. The summed E-state index contributed by atoms with van der Waals surface area (Å²) in [5, 5.41) is 14.5. The van der Waals surface area contributed by atoms with E-state index in [9.17, 15) is 4.79 Å². The molecular formula is C23H24ClN7O2. The molecule has 1 atom stereocenters. The first kappa shape index (κ1) is 21.6. The Bertz CT molecular complexity index is 1380. The Morgan fingerprint density at radius 3 is 2.85 bits per heavy atom. The van der Waals surface area contributed by atoms with E-state index in [0.717, 1.165) is 28.8 Å². The van der Waals surface area contributed by atoms with Gasteiger partial charge in [0, 0.05) is 53.4 Å². The van der Waals surface area contributed by atoms with Gasteiger partial charge in [0.05, 0.1) is 31.1 Å². The SMILES string of the molecule is CNc1ncc2cc(-c3ccc(-c4[nH]ncc4C)cc3Cl)c(=O)n(C[C@H]3CNCCO3)c2n1. The van der Waals surface area contributed by atoms with Crippen LogP contribution in [0, 0.1) is 6.92 Å². The molecule has 33 heavy (non-hydrogen) atoms. The van der Waals surface area contributed by atoms with Crippen LogP contribution in [0.2, 0.25) is 5.02 Å². The molecule has 1 aliphatic heterocycles. The fourth-order valence-corrected chi connectivity index (χ4v) is 4.39. The van der Waals surface area contributed by atoms with Gasteiger partial charge in [-0.05, 0) is 24.6 Å². The first-order chi connectivity index (χ1) is 16.0. The summed E-state index contributed by atoms with van der Waals surface area (Å²) in [6.45, 7) is 4.43. The van der Waals surface area contributed by atoms with Gasteiger partial charge in [-0.3, -0.25) is 14.5 Å². The van der Waals surface area contributed by atoms with Gasteiger partial charge in [0.2, 0.25) is 5.95 Å². The predicted octanol–water partition coefficient (Wildman–Crippen LogP) is 2.84. The van der Waals surface area contributed by atoms with Crippen molar-refractivity contribution in [2.75, 3.05) is 32.1 Å². The van der Waals surface area contributed by atoms with Gasteiger partial charge in [-0.25, -0.2) is 4.98 Å². The van der Waals surface area contributed by atoms with E-state index >= 15 is 0 Å². The van der Waals surface area contributed by atoms with Crippen LogP contribution in [0.1, 0.15) is 5.56 Å². The summed E-state index contributed by atoms with van der Waals surface area (Å²) in [5.41, 5.74) is 4.34. The number of aromatic nitrogens is 5. The first-order valence-corrected chi connectivity index (χ1v) is 11.1. The van der Waals surface area contributed by atoms with Crippen LogP contribution in [-0.4, -0.2) is 57.6 Å². The van der Waals surface area contributed by atoms with Crippen molar-refractivity contribution in [1.29, 1.82) is 0 Å². The van der Waals surface area contributed by atoms with E-state index in [0.29, 0.717) is 47.4 Å². The second-order valence-corrected chi connectivity index (χ2v) is 8.42. The highest BCUT2D eigenvalue weighted by molar-refractivity contribution is 6.33. The third kappa shape index (κ3) is 4.10. The Morgan fingerprint density at radius 2 is 2.15 bits per heavy atom. The highest BCUT2D eigenvalue weighted by Crippen LogP contribution is 2.32. The number of hydrogen-bond donors (Lipinski definition) is 3. The zero-order valence-electron chi connectivity index (χ0n) is 18.4. The summed E-state index contributed by atoms with van der Waals surface area (Å²) in [5.74, 6) is 0.448. The lowest BCUT2D eigenvalue weighted by atomic mass is 10.0. The minimum absolute atomic E-state index is 0.135. The molecule has 1 saturated heterocycles. The quantitative estimate of drug-likeness (QED) is 0.415. The highest BCUT2D eigenvalue weighted by Gasteiger charge is 2.20. The molecule has 0 unspecified atom stereocenters. The number of ether oxygens (including phenoxy) is 1. The lowest BCUT2D eigenvalue weighted by molar-refractivity contribution is 0.0183. The zero-order chi connectivity index (χ0) is 22.9. The largest absolute Gasteiger partial charge is 0.374 e. The van der Waals surface area contributed by atoms with E-state index in [1.165, 1.54) is 0 Å². The molecule has 1 aromatic carbocycles. The maximum absolute atomic E-state index is 13.7. The number of anilines is 1. The number of morpholine rings is 1. The van der Waals surface area contributed by atoms with Crippen LogP contribution >= 0.6 is 11.6 Å². The number of pyridine rings is 1. The van der Waals surface area contributed by atoms with Crippen molar-refractivity contribution in [2.45, 2.75) is 19.6 Å². The minimum Gasteiger partial charge on any atom is -0.374 e. The maximum Gasteiger partial charge on any atom is 0.260 e. The molecule has 0 radical (unpaired) electrons. The molecular weight excluding hydrogens is 442 g/mol. The first-order valence-electron chi connectivity index (χ1n) is 10.8. The van der Waals surface area contributed by atoms with Crippen LogP contribution < -0.4 is 16.2 Å². The van der Waals surface area contributed by atoms with Crippen molar-refractivity contribution < 1.29 is 4.74 Å². The lowest BCUT2D eigenvalue weighted by Gasteiger charge is -2.25. The molecule has 4 aromatic rings. The molecule has 3 N–H and O–H groups in total. The molecule has 170 valence electrons. The molecule has 10 heteroatoms. The Hall–Kier alpha value is -3.27. The van der Waals surface area contributed by atoms with E-state index in [-0.39, 0.29) is 11.7 Å². The molecule has 0 aliphatic carbocycles.